The molecule has 112 valence electrons. The number of para-hydroxylation sites is 1. The second-order valence-corrected chi connectivity index (χ2v) is 7.29. The van der Waals surface area contributed by atoms with Crippen molar-refractivity contribution in [2.24, 2.45) is 0 Å². The zero-order chi connectivity index (χ0) is 14.4. The minimum Gasteiger partial charge on any atom is -0.490 e. The molecule has 0 aromatic heterocycles. The monoisotopic (exact) mass is 297 g/mol. The SMILES string of the molecule is CCCCS(=O)(=O)N1CCC(Oc2ccccc2)CC1. The van der Waals surface area contributed by atoms with Crippen LogP contribution in [0.25, 0.3) is 0 Å². The lowest BCUT2D eigenvalue weighted by molar-refractivity contribution is 0.135. The second kappa shape index (κ2) is 7.09. The van der Waals surface area contributed by atoms with E-state index in [1.54, 1.807) is 4.31 Å². The minimum absolute atomic E-state index is 0.120. The van der Waals surface area contributed by atoms with Crippen molar-refractivity contribution >= 4 is 10.0 Å². The van der Waals surface area contributed by atoms with Crippen LogP contribution < -0.4 is 4.74 Å². The van der Waals surface area contributed by atoms with Crippen molar-refractivity contribution in [3.05, 3.63) is 30.3 Å². The van der Waals surface area contributed by atoms with Gasteiger partial charge in [0.2, 0.25) is 10.0 Å². The van der Waals surface area contributed by atoms with E-state index in [9.17, 15) is 8.42 Å². The third-order valence-electron chi connectivity index (χ3n) is 3.60. The molecule has 0 unspecified atom stereocenters. The van der Waals surface area contributed by atoms with Crippen molar-refractivity contribution in [1.29, 1.82) is 0 Å². The van der Waals surface area contributed by atoms with Gasteiger partial charge in [-0.1, -0.05) is 31.5 Å². The lowest BCUT2D eigenvalue weighted by atomic mass is 10.1. The fraction of sp³-hybridized carbons (Fsp3) is 0.600. The van der Waals surface area contributed by atoms with Crippen LogP contribution in [0.4, 0.5) is 0 Å². The summed E-state index contributed by atoms with van der Waals surface area (Å²) in [4.78, 5) is 0. The van der Waals surface area contributed by atoms with Gasteiger partial charge in [0.25, 0.3) is 0 Å². The van der Waals surface area contributed by atoms with Gasteiger partial charge < -0.3 is 4.74 Å². The standard InChI is InChI=1S/C15H23NO3S/c1-2-3-13-20(17,18)16-11-9-15(10-12-16)19-14-7-5-4-6-8-14/h4-8,15H,2-3,9-13H2,1H3. The summed E-state index contributed by atoms with van der Waals surface area (Å²) in [6.07, 6.45) is 3.30. The Morgan fingerprint density at radius 1 is 1.20 bits per heavy atom. The van der Waals surface area contributed by atoms with Crippen molar-refractivity contribution in [2.45, 2.75) is 38.7 Å². The van der Waals surface area contributed by atoms with Gasteiger partial charge in [0.1, 0.15) is 11.9 Å². The molecule has 1 saturated heterocycles. The molecule has 1 aliphatic heterocycles. The molecule has 0 atom stereocenters. The number of unbranched alkanes of at least 4 members (excludes halogenated alkanes) is 1. The number of rotatable bonds is 6. The summed E-state index contributed by atoms with van der Waals surface area (Å²) in [5.41, 5.74) is 0. The van der Waals surface area contributed by atoms with Crippen LogP contribution in [0.5, 0.6) is 5.75 Å². The normalized spacial score (nSPS) is 18.1. The van der Waals surface area contributed by atoms with E-state index in [1.165, 1.54) is 0 Å². The maximum Gasteiger partial charge on any atom is 0.214 e. The van der Waals surface area contributed by atoms with E-state index in [1.807, 2.05) is 37.3 Å². The molecule has 0 bridgehead atoms. The van der Waals surface area contributed by atoms with Crippen LogP contribution in [-0.4, -0.2) is 37.7 Å². The molecule has 0 amide bonds. The van der Waals surface area contributed by atoms with Gasteiger partial charge in [-0.2, -0.15) is 0 Å². The van der Waals surface area contributed by atoms with E-state index >= 15 is 0 Å². The van der Waals surface area contributed by atoms with Gasteiger partial charge in [-0.15, -0.1) is 0 Å². The van der Waals surface area contributed by atoms with Gasteiger partial charge in [0, 0.05) is 13.1 Å². The number of hydrogen-bond donors (Lipinski definition) is 0. The first kappa shape index (κ1) is 15.3. The third-order valence-corrected chi connectivity index (χ3v) is 5.55. The lowest BCUT2D eigenvalue weighted by Gasteiger charge is -2.31. The first-order valence-corrected chi connectivity index (χ1v) is 8.92. The van der Waals surface area contributed by atoms with E-state index in [-0.39, 0.29) is 11.9 Å². The first-order valence-electron chi connectivity index (χ1n) is 7.31. The fourth-order valence-electron chi connectivity index (χ4n) is 2.38. The first-order chi connectivity index (χ1) is 9.62. The van der Waals surface area contributed by atoms with E-state index in [0.717, 1.165) is 31.4 Å². The molecule has 0 N–H and O–H groups in total. The molecule has 1 aromatic rings. The number of piperidine rings is 1. The van der Waals surface area contributed by atoms with Crippen LogP contribution in [0, 0.1) is 0 Å². The minimum atomic E-state index is -3.06. The summed E-state index contributed by atoms with van der Waals surface area (Å²) in [7, 11) is -3.06. The summed E-state index contributed by atoms with van der Waals surface area (Å²) in [6, 6.07) is 9.71. The number of hydrogen-bond acceptors (Lipinski definition) is 3. The third kappa shape index (κ3) is 4.21. The quantitative estimate of drug-likeness (QED) is 0.811. The Labute approximate surface area is 121 Å². The molecule has 1 aliphatic rings. The molecule has 20 heavy (non-hydrogen) atoms. The van der Waals surface area contributed by atoms with Crippen LogP contribution in [0.1, 0.15) is 32.6 Å². The van der Waals surface area contributed by atoms with E-state index in [0.29, 0.717) is 13.1 Å². The van der Waals surface area contributed by atoms with Crippen molar-refractivity contribution in [2.75, 3.05) is 18.8 Å². The maximum atomic E-state index is 12.1. The van der Waals surface area contributed by atoms with Gasteiger partial charge >= 0.3 is 0 Å². The van der Waals surface area contributed by atoms with Crippen molar-refractivity contribution < 1.29 is 13.2 Å². The Morgan fingerprint density at radius 3 is 2.45 bits per heavy atom. The van der Waals surface area contributed by atoms with Gasteiger partial charge in [-0.25, -0.2) is 12.7 Å². The van der Waals surface area contributed by atoms with Gasteiger partial charge in [-0.05, 0) is 31.4 Å². The van der Waals surface area contributed by atoms with Crippen molar-refractivity contribution in [3.63, 3.8) is 0 Å². The Morgan fingerprint density at radius 2 is 1.85 bits per heavy atom. The highest BCUT2D eigenvalue weighted by Crippen LogP contribution is 2.20. The summed E-state index contributed by atoms with van der Waals surface area (Å²) in [5, 5.41) is 0. The topological polar surface area (TPSA) is 46.6 Å². The van der Waals surface area contributed by atoms with Crippen LogP contribution in [0.3, 0.4) is 0 Å². The van der Waals surface area contributed by atoms with Crippen LogP contribution in [-0.2, 0) is 10.0 Å². The van der Waals surface area contributed by atoms with E-state index in [2.05, 4.69) is 0 Å². The molecule has 5 heteroatoms. The molecule has 1 fully saturated rings. The number of nitrogens with zero attached hydrogens (tertiary/aromatic N) is 1. The Bertz CT molecular complexity index is 493. The largest absolute Gasteiger partial charge is 0.490 e. The zero-order valence-electron chi connectivity index (χ0n) is 12.0. The summed E-state index contributed by atoms with van der Waals surface area (Å²) in [6.45, 7) is 3.16. The molecule has 4 nitrogen and oxygen atoms in total. The number of ether oxygens (including phenoxy) is 1. The van der Waals surface area contributed by atoms with Crippen molar-refractivity contribution in [3.8, 4) is 5.75 Å². The highest BCUT2D eigenvalue weighted by atomic mass is 32.2. The number of sulfonamides is 1. The predicted octanol–water partition coefficient (Wildman–Crippen LogP) is 2.66. The molecule has 1 heterocycles. The average Bonchev–Trinajstić information content (AvgIpc) is 2.47. The van der Waals surface area contributed by atoms with Gasteiger partial charge in [0.05, 0.1) is 5.75 Å². The Balaban J connectivity index is 1.83. The predicted molar refractivity (Wildman–Crippen MR) is 80.4 cm³/mol. The summed E-state index contributed by atoms with van der Waals surface area (Å²) < 4.78 is 31.7. The highest BCUT2D eigenvalue weighted by molar-refractivity contribution is 7.89. The zero-order valence-corrected chi connectivity index (χ0v) is 12.8. The fourth-order valence-corrected chi connectivity index (χ4v) is 4.05. The molecule has 0 spiro atoms. The highest BCUT2D eigenvalue weighted by Gasteiger charge is 2.28. The van der Waals surface area contributed by atoms with Gasteiger partial charge in [-0.3, -0.25) is 0 Å². The molecular weight excluding hydrogens is 274 g/mol. The second-order valence-electron chi connectivity index (χ2n) is 5.20. The van der Waals surface area contributed by atoms with Crippen LogP contribution in [0.15, 0.2) is 30.3 Å². The Hall–Kier alpha value is -1.07. The number of benzene rings is 1. The Kier molecular flexibility index (Phi) is 5.43. The maximum absolute atomic E-state index is 12.1. The molecule has 0 aliphatic carbocycles. The van der Waals surface area contributed by atoms with Crippen LogP contribution in [0.2, 0.25) is 0 Å². The summed E-state index contributed by atoms with van der Waals surface area (Å²) in [5.74, 6) is 1.13. The molecule has 0 radical (unpaired) electrons. The summed E-state index contributed by atoms with van der Waals surface area (Å²) >= 11 is 0. The molecule has 2 rings (SSSR count). The van der Waals surface area contributed by atoms with Crippen molar-refractivity contribution in [1.82, 2.24) is 4.31 Å². The molecular formula is C15H23NO3S. The van der Waals surface area contributed by atoms with E-state index in [4.69, 9.17) is 4.74 Å². The van der Waals surface area contributed by atoms with E-state index < -0.39 is 10.0 Å². The average molecular weight is 297 g/mol. The van der Waals surface area contributed by atoms with Crippen LogP contribution >= 0.6 is 0 Å². The molecule has 0 saturated carbocycles. The molecule has 1 aromatic carbocycles. The lowest BCUT2D eigenvalue weighted by Crippen LogP contribution is -2.42. The van der Waals surface area contributed by atoms with Gasteiger partial charge in [0.15, 0.2) is 0 Å². The smallest absolute Gasteiger partial charge is 0.214 e.